The zero-order valence-electron chi connectivity index (χ0n) is 6.50. The van der Waals surface area contributed by atoms with Crippen molar-refractivity contribution in [3.8, 4) is 0 Å². The van der Waals surface area contributed by atoms with Gasteiger partial charge in [0.25, 0.3) is 0 Å². The molecule has 0 saturated carbocycles. The fourth-order valence-electron chi connectivity index (χ4n) is 0.721. The predicted molar refractivity (Wildman–Crippen MR) is 43.8 cm³/mol. The molecule has 78 valence electrons. The fraction of sp³-hybridized carbons (Fsp3) is 0.333. The third-order valence-corrected chi connectivity index (χ3v) is 1.31. The van der Waals surface area contributed by atoms with E-state index < -0.39 is 12.0 Å². The van der Waals surface area contributed by atoms with Crippen molar-refractivity contribution < 1.29 is 25.0 Å². The molecule has 4 N–H and O–H groups in total. The number of hydrogen-bond acceptors (Lipinski definition) is 3. The zero-order chi connectivity index (χ0) is 10.3. The Kier molecular flexibility index (Phi) is 6.62. The van der Waals surface area contributed by atoms with Crippen LogP contribution in [-0.4, -0.2) is 27.1 Å². The normalized spacial score (nSPS) is 11.4. The molecule has 1 heterocycles. The van der Waals surface area contributed by atoms with E-state index in [2.05, 4.69) is 35.2 Å². The molecule has 7 heteroatoms. The number of halogens is 1. The van der Waals surface area contributed by atoms with Gasteiger partial charge in [0.15, 0.2) is 0 Å². The van der Waals surface area contributed by atoms with E-state index in [0.29, 0.717) is 0 Å². The Morgan fingerprint density at radius 3 is 2.85 bits per heavy atom. The van der Waals surface area contributed by atoms with Crippen LogP contribution in [0.25, 0.3) is 0 Å². The number of H-pyrrole nitrogens is 1. The molecule has 0 aliphatic carbocycles. The second-order valence-corrected chi connectivity index (χ2v) is 2.23. The number of rotatable bonds is 3. The molecule has 13 heavy (non-hydrogen) atoms. The Hall–Kier alpha value is -0.551. The summed E-state index contributed by atoms with van der Waals surface area (Å²) in [5.74, 6) is -1.00. The van der Waals surface area contributed by atoms with E-state index in [1.54, 1.807) is 6.20 Å². The Morgan fingerprint density at radius 2 is 2.46 bits per heavy atom. The zero-order valence-corrected chi connectivity index (χ0v) is 8.20. The Balaban J connectivity index is 0.000000671. The minimum atomic E-state index is -1.00. The van der Waals surface area contributed by atoms with Crippen LogP contribution in [0.3, 0.4) is 0 Å². The number of nitrogens with one attached hydrogen (secondary N) is 1. The van der Waals surface area contributed by atoms with E-state index in [4.69, 9.17) is 10.8 Å². The van der Waals surface area contributed by atoms with E-state index in [0.717, 1.165) is 5.69 Å². The number of carbonyl (C=O) groups is 1. The number of carboxylic acids is 1. The summed E-state index contributed by atoms with van der Waals surface area (Å²) in [7, 11) is 4.20. The molecule has 1 aromatic rings. The number of aromatic nitrogens is 2. The van der Waals surface area contributed by atoms with Gasteiger partial charge in [0, 0.05) is 18.3 Å². The van der Waals surface area contributed by atoms with E-state index in [-0.39, 0.29) is 6.42 Å². The van der Waals surface area contributed by atoms with Gasteiger partial charge in [-0.15, -0.1) is 0 Å². The number of imidazole rings is 1. The second-order valence-electron chi connectivity index (χ2n) is 2.23. The average Bonchev–Trinajstić information content (AvgIpc) is 2.60. The first kappa shape index (κ1) is 12.4. The summed E-state index contributed by atoms with van der Waals surface area (Å²) < 4.78 is 0. The molecule has 0 aliphatic rings. The molecular formula is C6H9ClCuN3O2. The number of nitrogens with two attached hydrogens (primary N) is 1. The molecule has 0 saturated heterocycles. The number of nitrogens with zero attached hydrogens (tertiary/aromatic N) is 1. The first-order chi connectivity index (χ1) is 6.20. The molecule has 0 aliphatic heterocycles. The van der Waals surface area contributed by atoms with Crippen LogP contribution in [0, 0.1) is 0 Å². The summed E-state index contributed by atoms with van der Waals surface area (Å²) in [5, 5.41) is 8.42. The maximum absolute atomic E-state index is 10.3. The average molecular weight is 254 g/mol. The Bertz CT molecular complexity index is 242. The molecule has 0 radical (unpaired) electrons. The van der Waals surface area contributed by atoms with Gasteiger partial charge in [-0.1, -0.05) is 0 Å². The monoisotopic (exact) mass is 253 g/mol. The summed E-state index contributed by atoms with van der Waals surface area (Å²) in [6.45, 7) is 0. The van der Waals surface area contributed by atoms with Crippen LogP contribution in [0.15, 0.2) is 12.5 Å². The molecule has 1 aromatic heterocycles. The van der Waals surface area contributed by atoms with Crippen molar-refractivity contribution in [2.75, 3.05) is 0 Å². The predicted octanol–water partition coefficient (Wildman–Crippen LogP) is 0.0511. The molecule has 1 rings (SSSR count). The maximum atomic E-state index is 10.3. The van der Waals surface area contributed by atoms with Crippen molar-refractivity contribution in [1.82, 2.24) is 9.97 Å². The molecule has 0 amide bonds. The summed E-state index contributed by atoms with van der Waals surface area (Å²) in [4.78, 5) is 16.8. The molecule has 0 aromatic carbocycles. The van der Waals surface area contributed by atoms with Crippen LogP contribution in [0.5, 0.6) is 0 Å². The van der Waals surface area contributed by atoms with Crippen LogP contribution < -0.4 is 5.73 Å². The van der Waals surface area contributed by atoms with Crippen molar-refractivity contribution in [2.45, 2.75) is 12.5 Å². The quantitative estimate of drug-likeness (QED) is 0.664. The van der Waals surface area contributed by atoms with E-state index >= 15 is 0 Å². The third kappa shape index (κ3) is 4.90. The summed E-state index contributed by atoms with van der Waals surface area (Å²) in [6, 6.07) is -0.851. The van der Waals surface area contributed by atoms with Gasteiger partial charge < -0.3 is 15.8 Å². The van der Waals surface area contributed by atoms with Crippen LogP contribution in [0.4, 0.5) is 0 Å². The van der Waals surface area contributed by atoms with Gasteiger partial charge in [0.1, 0.15) is 6.04 Å². The van der Waals surface area contributed by atoms with Crippen molar-refractivity contribution >= 4 is 16.1 Å². The molecule has 5 nitrogen and oxygen atoms in total. The van der Waals surface area contributed by atoms with E-state index in [9.17, 15) is 4.79 Å². The number of carboxylic acid groups (broad SMARTS) is 1. The Labute approximate surface area is 87.7 Å². The van der Waals surface area contributed by atoms with Gasteiger partial charge in [-0.2, -0.15) is 0 Å². The van der Waals surface area contributed by atoms with Crippen molar-refractivity contribution in [3.05, 3.63) is 18.2 Å². The molecule has 0 spiro atoms. The van der Waals surface area contributed by atoms with Gasteiger partial charge in [-0.05, 0) is 0 Å². The minimum absolute atomic E-state index is 0.287. The topological polar surface area (TPSA) is 92.0 Å². The van der Waals surface area contributed by atoms with Crippen LogP contribution in [-0.2, 0) is 26.3 Å². The first-order valence-electron chi connectivity index (χ1n) is 3.27. The first-order valence-corrected chi connectivity index (χ1v) is 4.56. The van der Waals surface area contributed by atoms with Gasteiger partial charge in [0.05, 0.1) is 6.33 Å². The number of aliphatic carboxylic acids is 1. The summed E-state index contributed by atoms with van der Waals surface area (Å²) in [5.41, 5.74) is 6.00. The summed E-state index contributed by atoms with van der Waals surface area (Å²) >= 11 is 3.66. The van der Waals surface area contributed by atoms with Crippen LogP contribution in [0.2, 0.25) is 0 Å². The molecule has 1 atom stereocenters. The third-order valence-electron chi connectivity index (χ3n) is 1.31. The van der Waals surface area contributed by atoms with E-state index in [1.807, 2.05) is 0 Å². The molecule has 0 bridgehead atoms. The van der Waals surface area contributed by atoms with Crippen LogP contribution >= 0.6 is 10.1 Å². The number of hydrogen-bond donors (Lipinski definition) is 3. The molecule has 1 unspecified atom stereocenters. The second kappa shape index (κ2) is 6.91. The molecular weight excluding hydrogens is 245 g/mol. The number of aromatic amines is 1. The van der Waals surface area contributed by atoms with Gasteiger partial charge in [0.2, 0.25) is 0 Å². The van der Waals surface area contributed by atoms with E-state index in [1.165, 1.54) is 6.33 Å². The van der Waals surface area contributed by atoms with Crippen molar-refractivity contribution in [1.29, 1.82) is 0 Å². The fourth-order valence-corrected chi connectivity index (χ4v) is 0.721. The van der Waals surface area contributed by atoms with Gasteiger partial charge >= 0.3 is 31.2 Å². The SMILES string of the molecule is NC(Cc1cnc[nH]1)C(=O)O.[Cl][Cu]. The summed E-state index contributed by atoms with van der Waals surface area (Å²) in [6.07, 6.45) is 3.34. The Morgan fingerprint density at radius 1 is 1.85 bits per heavy atom. The standard InChI is InChI=1S/C6H9N3O2.ClH.Cu/c7-5(6(10)11)1-4-2-8-3-9-4;;/h2-3,5H,1,7H2,(H,8,9)(H,10,11);1H;/q;;+1/p-1. The molecule has 0 fully saturated rings. The van der Waals surface area contributed by atoms with Crippen LogP contribution in [0.1, 0.15) is 5.69 Å². The van der Waals surface area contributed by atoms with Gasteiger partial charge in [-0.25, -0.2) is 4.98 Å². The van der Waals surface area contributed by atoms with Crippen molar-refractivity contribution in [2.24, 2.45) is 5.73 Å². The van der Waals surface area contributed by atoms with Gasteiger partial charge in [-0.3, -0.25) is 4.79 Å². The van der Waals surface area contributed by atoms with Crippen molar-refractivity contribution in [3.63, 3.8) is 0 Å².